The van der Waals surface area contributed by atoms with Crippen LogP contribution in [0.4, 0.5) is 0 Å². The summed E-state index contributed by atoms with van der Waals surface area (Å²) >= 11 is 4.57. The Bertz CT molecular complexity index is 672. The average Bonchev–Trinajstić information content (AvgIpc) is 2.94. The van der Waals surface area contributed by atoms with Crippen LogP contribution in [0.1, 0.15) is 32.1 Å². The van der Waals surface area contributed by atoms with Gasteiger partial charge in [-0.2, -0.15) is 0 Å². The molecule has 4 bridgehead atoms. The van der Waals surface area contributed by atoms with E-state index in [1.54, 1.807) is 19.2 Å². The second-order valence-corrected chi connectivity index (χ2v) is 11.8. The van der Waals surface area contributed by atoms with E-state index in [1.807, 2.05) is 0 Å². The highest BCUT2D eigenvalue weighted by molar-refractivity contribution is 9.11. The van der Waals surface area contributed by atoms with Crippen LogP contribution in [0.2, 0.25) is 0 Å². The summed E-state index contributed by atoms with van der Waals surface area (Å²) in [5, 5.41) is 0. The van der Waals surface area contributed by atoms with Crippen molar-refractivity contribution in [2.45, 2.75) is 41.9 Å². The molecule has 4 aliphatic carbocycles. The summed E-state index contributed by atoms with van der Waals surface area (Å²) in [5.41, 5.74) is -0.311. The Balaban J connectivity index is 1.55. The maximum Gasteiger partial charge on any atom is 0.250 e. The van der Waals surface area contributed by atoms with Gasteiger partial charge in [0.05, 0.1) is 9.39 Å². The largest absolute Gasteiger partial charge is 0.376 e. The average molecular weight is 420 g/mol. The molecule has 0 aromatic carbocycles. The van der Waals surface area contributed by atoms with Crippen LogP contribution in [0.25, 0.3) is 0 Å². The number of halogens is 1. The Labute approximate surface area is 150 Å². The molecule has 0 radical (unpaired) electrons. The summed E-state index contributed by atoms with van der Waals surface area (Å²) in [5.74, 6) is 2.68. The molecule has 1 N–H and O–H groups in total. The van der Waals surface area contributed by atoms with E-state index in [0.717, 1.165) is 15.6 Å². The van der Waals surface area contributed by atoms with Gasteiger partial charge in [0.25, 0.3) is 0 Å². The monoisotopic (exact) mass is 419 g/mol. The molecule has 4 aliphatic rings. The summed E-state index contributed by atoms with van der Waals surface area (Å²) in [6.07, 6.45) is 6.18. The number of methoxy groups -OCH3 is 1. The minimum atomic E-state index is -3.46. The van der Waals surface area contributed by atoms with Crippen LogP contribution in [0.15, 0.2) is 20.1 Å². The summed E-state index contributed by atoms with van der Waals surface area (Å²) in [6, 6.07) is 3.42. The Kier molecular flexibility index (Phi) is 4.16. The quantitative estimate of drug-likeness (QED) is 0.792. The van der Waals surface area contributed by atoms with Crippen LogP contribution in [-0.2, 0) is 14.8 Å². The van der Waals surface area contributed by atoms with Gasteiger partial charge in [-0.3, -0.25) is 0 Å². The minimum Gasteiger partial charge on any atom is -0.376 e. The van der Waals surface area contributed by atoms with Crippen molar-refractivity contribution >= 4 is 37.3 Å². The lowest BCUT2D eigenvalue weighted by Gasteiger charge is -2.60. The van der Waals surface area contributed by atoms with Crippen LogP contribution >= 0.6 is 27.3 Å². The maximum absolute atomic E-state index is 12.6. The molecule has 4 saturated carbocycles. The molecule has 0 atom stereocenters. The lowest BCUT2D eigenvalue weighted by molar-refractivity contribution is -0.185. The van der Waals surface area contributed by atoms with Crippen molar-refractivity contribution in [3.05, 3.63) is 15.9 Å². The number of nitrogens with one attached hydrogen (secondary N) is 1. The lowest BCUT2D eigenvalue weighted by Crippen LogP contribution is -2.63. The van der Waals surface area contributed by atoms with Crippen LogP contribution in [-0.4, -0.2) is 27.7 Å². The zero-order chi connectivity index (χ0) is 16.2. The van der Waals surface area contributed by atoms with Crippen molar-refractivity contribution in [1.29, 1.82) is 0 Å². The second-order valence-electron chi connectivity index (χ2n) is 7.35. The third-order valence-electron chi connectivity index (χ3n) is 6.25. The first-order valence-electron chi connectivity index (χ1n) is 8.23. The van der Waals surface area contributed by atoms with E-state index in [1.165, 1.54) is 43.4 Å². The number of thiophene rings is 1. The van der Waals surface area contributed by atoms with Gasteiger partial charge in [-0.1, -0.05) is 0 Å². The number of ether oxygens (including phenoxy) is 1. The molecule has 4 fully saturated rings. The van der Waals surface area contributed by atoms with E-state index in [0.29, 0.717) is 22.6 Å². The normalized spacial score (nSPS) is 39.0. The molecule has 23 heavy (non-hydrogen) atoms. The van der Waals surface area contributed by atoms with Gasteiger partial charge in [-0.15, -0.1) is 11.3 Å². The van der Waals surface area contributed by atoms with E-state index in [9.17, 15) is 8.42 Å². The fourth-order valence-corrected chi connectivity index (χ4v) is 8.53. The van der Waals surface area contributed by atoms with Gasteiger partial charge in [0.2, 0.25) is 10.0 Å². The van der Waals surface area contributed by atoms with Gasteiger partial charge in [0, 0.05) is 13.7 Å². The van der Waals surface area contributed by atoms with Crippen LogP contribution in [0.5, 0.6) is 0 Å². The van der Waals surface area contributed by atoms with Crippen LogP contribution < -0.4 is 4.72 Å². The zero-order valence-electron chi connectivity index (χ0n) is 13.1. The van der Waals surface area contributed by atoms with Crippen molar-refractivity contribution in [3.8, 4) is 0 Å². The molecule has 1 heterocycles. The standard InChI is InChI=1S/C16H22BrNO3S2/c1-21-16(9-18-23(19,20)15-3-2-14(17)22-15)12-5-10-4-11(7-12)8-13(16)6-10/h2-3,10-13,18H,4-9H2,1H3. The molecule has 0 unspecified atom stereocenters. The smallest absolute Gasteiger partial charge is 0.250 e. The van der Waals surface area contributed by atoms with E-state index in [-0.39, 0.29) is 5.60 Å². The summed E-state index contributed by atoms with van der Waals surface area (Å²) in [6.45, 7) is 0.399. The highest BCUT2D eigenvalue weighted by Gasteiger charge is 2.57. The van der Waals surface area contributed by atoms with E-state index >= 15 is 0 Å². The maximum atomic E-state index is 12.6. The van der Waals surface area contributed by atoms with E-state index in [2.05, 4.69) is 20.7 Å². The first-order valence-corrected chi connectivity index (χ1v) is 11.3. The molecular formula is C16H22BrNO3S2. The molecule has 0 amide bonds. The third kappa shape index (κ3) is 2.72. The third-order valence-corrected chi connectivity index (χ3v) is 9.77. The Morgan fingerprint density at radius 1 is 1.22 bits per heavy atom. The van der Waals surface area contributed by atoms with Gasteiger partial charge in [-0.05, 0) is 83.8 Å². The Hall–Kier alpha value is 0.0500. The van der Waals surface area contributed by atoms with E-state index < -0.39 is 10.0 Å². The lowest BCUT2D eigenvalue weighted by atomic mass is 9.50. The van der Waals surface area contributed by atoms with E-state index in [4.69, 9.17) is 4.74 Å². The minimum absolute atomic E-state index is 0.311. The summed E-state index contributed by atoms with van der Waals surface area (Å²) in [4.78, 5) is 0. The van der Waals surface area contributed by atoms with Crippen molar-refractivity contribution in [2.75, 3.05) is 13.7 Å². The first-order chi connectivity index (χ1) is 10.9. The van der Waals surface area contributed by atoms with Gasteiger partial charge >= 0.3 is 0 Å². The molecule has 0 spiro atoms. The SMILES string of the molecule is COC1(CNS(=O)(=O)c2ccc(Br)s2)C2CC3CC(C2)CC1C3. The molecular weight excluding hydrogens is 398 g/mol. The summed E-state index contributed by atoms with van der Waals surface area (Å²) < 4.78 is 35.2. The molecule has 7 heteroatoms. The first kappa shape index (κ1) is 16.5. The van der Waals surface area contributed by atoms with Gasteiger partial charge in [0.1, 0.15) is 4.21 Å². The second kappa shape index (κ2) is 5.80. The number of sulfonamides is 1. The molecule has 1 aromatic heterocycles. The molecule has 128 valence electrons. The number of rotatable bonds is 5. The van der Waals surface area contributed by atoms with Crippen LogP contribution in [0.3, 0.4) is 0 Å². The molecule has 4 nitrogen and oxygen atoms in total. The zero-order valence-corrected chi connectivity index (χ0v) is 16.3. The molecule has 0 aliphatic heterocycles. The topological polar surface area (TPSA) is 55.4 Å². The van der Waals surface area contributed by atoms with Crippen molar-refractivity contribution in [3.63, 3.8) is 0 Å². The van der Waals surface area contributed by atoms with Crippen molar-refractivity contribution < 1.29 is 13.2 Å². The van der Waals surface area contributed by atoms with Gasteiger partial charge in [-0.25, -0.2) is 13.1 Å². The fourth-order valence-electron chi connectivity index (χ4n) is 5.40. The molecule has 0 saturated heterocycles. The van der Waals surface area contributed by atoms with Gasteiger partial charge in [0.15, 0.2) is 0 Å². The Morgan fingerprint density at radius 3 is 2.30 bits per heavy atom. The predicted molar refractivity (Wildman–Crippen MR) is 94.0 cm³/mol. The summed E-state index contributed by atoms with van der Waals surface area (Å²) in [7, 11) is -1.70. The Morgan fingerprint density at radius 2 is 1.83 bits per heavy atom. The fraction of sp³-hybridized carbons (Fsp3) is 0.750. The molecule has 1 aromatic rings. The van der Waals surface area contributed by atoms with Gasteiger partial charge < -0.3 is 4.74 Å². The molecule has 5 rings (SSSR count). The highest BCUT2D eigenvalue weighted by Crippen LogP contribution is 2.59. The number of hydrogen-bond donors (Lipinski definition) is 1. The van der Waals surface area contributed by atoms with Crippen molar-refractivity contribution in [2.24, 2.45) is 23.7 Å². The van der Waals surface area contributed by atoms with Crippen LogP contribution in [0, 0.1) is 23.7 Å². The highest BCUT2D eigenvalue weighted by atomic mass is 79.9. The number of hydrogen-bond acceptors (Lipinski definition) is 4. The van der Waals surface area contributed by atoms with Crippen molar-refractivity contribution in [1.82, 2.24) is 4.72 Å². The predicted octanol–water partition coefficient (Wildman–Crippen LogP) is 3.63.